The van der Waals surface area contributed by atoms with Crippen molar-refractivity contribution in [3.05, 3.63) is 120 Å². The SMILES string of the molecule is NC1C=CC(/C=C/[Si](C2=CCCC=C2)(c2ccccc2)c2ccccc2)=CC1. The summed E-state index contributed by atoms with van der Waals surface area (Å²) in [4.78, 5) is 0. The molecule has 140 valence electrons. The summed E-state index contributed by atoms with van der Waals surface area (Å²) in [6.45, 7) is 0. The van der Waals surface area contributed by atoms with Gasteiger partial charge in [-0.1, -0.05) is 109 Å². The minimum absolute atomic E-state index is 0.145. The Labute approximate surface area is 169 Å². The molecule has 0 radical (unpaired) electrons. The largest absolute Gasteiger partial charge is 0.324 e. The van der Waals surface area contributed by atoms with E-state index >= 15 is 0 Å². The highest BCUT2D eigenvalue weighted by molar-refractivity contribution is 7.11. The summed E-state index contributed by atoms with van der Waals surface area (Å²) >= 11 is 0. The van der Waals surface area contributed by atoms with Crippen LogP contribution in [0, 0.1) is 0 Å². The first-order chi connectivity index (χ1) is 13.8. The van der Waals surface area contributed by atoms with Gasteiger partial charge in [0, 0.05) is 6.04 Å². The van der Waals surface area contributed by atoms with Gasteiger partial charge in [0.15, 0.2) is 8.07 Å². The Bertz CT molecular complexity index is 909. The van der Waals surface area contributed by atoms with E-state index in [1.165, 1.54) is 21.1 Å². The Morgan fingerprint density at radius 1 is 0.821 bits per heavy atom. The van der Waals surface area contributed by atoms with Crippen molar-refractivity contribution in [2.75, 3.05) is 0 Å². The Hall–Kier alpha value is -2.68. The maximum atomic E-state index is 6.01. The topological polar surface area (TPSA) is 26.0 Å². The van der Waals surface area contributed by atoms with E-state index in [1.807, 2.05) is 0 Å². The molecule has 2 heteroatoms. The van der Waals surface area contributed by atoms with Gasteiger partial charge in [0.1, 0.15) is 0 Å². The van der Waals surface area contributed by atoms with Crippen LogP contribution >= 0.6 is 0 Å². The number of hydrogen-bond acceptors (Lipinski definition) is 1. The minimum Gasteiger partial charge on any atom is -0.324 e. The second-order valence-electron chi connectivity index (χ2n) is 7.48. The van der Waals surface area contributed by atoms with E-state index in [0.717, 1.165) is 19.3 Å². The van der Waals surface area contributed by atoms with Gasteiger partial charge >= 0.3 is 0 Å². The predicted octanol–water partition coefficient (Wildman–Crippen LogP) is 4.37. The zero-order valence-electron chi connectivity index (χ0n) is 16.2. The van der Waals surface area contributed by atoms with E-state index in [0.29, 0.717) is 0 Å². The van der Waals surface area contributed by atoms with Crippen molar-refractivity contribution in [3.8, 4) is 0 Å². The van der Waals surface area contributed by atoms with Gasteiger partial charge < -0.3 is 5.73 Å². The molecule has 0 aromatic heterocycles. The number of benzene rings is 2. The van der Waals surface area contributed by atoms with E-state index < -0.39 is 8.07 Å². The summed E-state index contributed by atoms with van der Waals surface area (Å²) in [6.07, 6.45) is 19.1. The normalized spacial score (nSPS) is 19.5. The van der Waals surface area contributed by atoms with Gasteiger partial charge in [0.05, 0.1) is 0 Å². The van der Waals surface area contributed by atoms with Crippen molar-refractivity contribution >= 4 is 18.4 Å². The molecule has 0 amide bonds. The first kappa shape index (κ1) is 18.7. The molecule has 28 heavy (non-hydrogen) atoms. The quantitative estimate of drug-likeness (QED) is 0.765. The molecule has 0 saturated heterocycles. The van der Waals surface area contributed by atoms with Crippen molar-refractivity contribution in [3.63, 3.8) is 0 Å². The summed E-state index contributed by atoms with van der Waals surface area (Å²) in [5.74, 6) is 0. The molecule has 1 unspecified atom stereocenters. The zero-order chi connectivity index (χ0) is 19.2. The van der Waals surface area contributed by atoms with Crippen LogP contribution in [0.25, 0.3) is 0 Å². The number of allylic oxidation sites excluding steroid dienone is 7. The number of rotatable bonds is 5. The first-order valence-electron chi connectivity index (χ1n) is 10.1. The van der Waals surface area contributed by atoms with E-state index in [-0.39, 0.29) is 6.04 Å². The van der Waals surface area contributed by atoms with Gasteiger partial charge in [0.25, 0.3) is 0 Å². The third-order valence-corrected chi connectivity index (χ3v) is 10.0. The Morgan fingerprint density at radius 2 is 1.50 bits per heavy atom. The minimum atomic E-state index is -2.26. The second kappa shape index (κ2) is 8.55. The Morgan fingerprint density at radius 3 is 2.04 bits per heavy atom. The van der Waals surface area contributed by atoms with Crippen LogP contribution in [0.1, 0.15) is 19.3 Å². The number of hydrogen-bond donors (Lipinski definition) is 1. The molecule has 0 aliphatic heterocycles. The van der Waals surface area contributed by atoms with Crippen LogP contribution in [-0.4, -0.2) is 14.1 Å². The third kappa shape index (κ3) is 3.80. The molecule has 0 heterocycles. The Balaban J connectivity index is 1.89. The van der Waals surface area contributed by atoms with Crippen molar-refractivity contribution < 1.29 is 0 Å². The van der Waals surface area contributed by atoms with Gasteiger partial charge in [-0.3, -0.25) is 0 Å². The van der Waals surface area contributed by atoms with Crippen LogP contribution in [0.4, 0.5) is 0 Å². The van der Waals surface area contributed by atoms with Crippen molar-refractivity contribution in [1.82, 2.24) is 0 Å². The molecule has 2 aliphatic carbocycles. The molecule has 1 atom stereocenters. The van der Waals surface area contributed by atoms with Crippen LogP contribution in [-0.2, 0) is 0 Å². The highest BCUT2D eigenvalue weighted by Gasteiger charge is 2.37. The molecule has 0 spiro atoms. The number of nitrogens with two attached hydrogens (primary N) is 1. The van der Waals surface area contributed by atoms with Gasteiger partial charge in [-0.2, -0.15) is 0 Å². The fourth-order valence-corrected chi connectivity index (χ4v) is 8.40. The molecule has 2 aromatic rings. The van der Waals surface area contributed by atoms with Gasteiger partial charge in [-0.25, -0.2) is 0 Å². The molecule has 2 N–H and O–H groups in total. The summed E-state index contributed by atoms with van der Waals surface area (Å²) < 4.78 is 0. The molecule has 4 rings (SSSR count). The molecule has 1 nitrogen and oxygen atoms in total. The molecule has 2 aliphatic rings. The van der Waals surface area contributed by atoms with Gasteiger partial charge in [-0.15, -0.1) is 0 Å². The fraction of sp³-hybridized carbons (Fsp3) is 0.154. The van der Waals surface area contributed by atoms with Crippen LogP contribution in [0.3, 0.4) is 0 Å². The molecular weight excluding hydrogens is 354 g/mol. The molecule has 0 saturated carbocycles. The lowest BCUT2D eigenvalue weighted by Crippen LogP contribution is -2.58. The molecule has 0 bridgehead atoms. The second-order valence-corrected chi connectivity index (χ2v) is 11.2. The van der Waals surface area contributed by atoms with E-state index in [1.54, 1.807) is 0 Å². The lowest BCUT2D eigenvalue weighted by atomic mass is 10.0. The summed E-state index contributed by atoms with van der Waals surface area (Å²) in [7, 11) is -2.26. The summed E-state index contributed by atoms with van der Waals surface area (Å²) in [6, 6.07) is 22.2. The van der Waals surface area contributed by atoms with Crippen LogP contribution in [0.5, 0.6) is 0 Å². The predicted molar refractivity (Wildman–Crippen MR) is 123 cm³/mol. The van der Waals surface area contributed by atoms with Crippen molar-refractivity contribution in [1.29, 1.82) is 0 Å². The molecular formula is C26H27NSi. The van der Waals surface area contributed by atoms with E-state index in [4.69, 9.17) is 5.73 Å². The fourth-order valence-electron chi connectivity index (χ4n) is 4.09. The van der Waals surface area contributed by atoms with Crippen LogP contribution in [0.15, 0.2) is 120 Å². The molecule has 2 aromatic carbocycles. The van der Waals surface area contributed by atoms with Gasteiger partial charge in [0.2, 0.25) is 0 Å². The monoisotopic (exact) mass is 381 g/mol. The third-order valence-electron chi connectivity index (χ3n) is 5.60. The van der Waals surface area contributed by atoms with Crippen LogP contribution in [0.2, 0.25) is 0 Å². The van der Waals surface area contributed by atoms with Crippen molar-refractivity contribution in [2.45, 2.75) is 25.3 Å². The molecule has 0 fully saturated rings. The average Bonchev–Trinajstić information content (AvgIpc) is 2.78. The highest BCUT2D eigenvalue weighted by atomic mass is 28.3. The smallest absolute Gasteiger partial charge is 0.172 e. The van der Waals surface area contributed by atoms with Gasteiger partial charge in [-0.05, 0) is 40.4 Å². The lowest BCUT2D eigenvalue weighted by Gasteiger charge is -2.33. The first-order valence-corrected chi connectivity index (χ1v) is 12.2. The zero-order valence-corrected chi connectivity index (χ0v) is 17.2. The van der Waals surface area contributed by atoms with E-state index in [9.17, 15) is 0 Å². The summed E-state index contributed by atoms with van der Waals surface area (Å²) in [5, 5.41) is 4.32. The maximum Gasteiger partial charge on any atom is 0.172 e. The van der Waals surface area contributed by atoms with Crippen molar-refractivity contribution in [2.24, 2.45) is 5.73 Å². The standard InChI is InChI=1S/C26H27NSi/c27-23-18-16-22(17-19-23)20-21-28(24-10-4-1-5-11-24,25-12-6-2-7-13-25)26-14-8-3-9-15-26/h1-2,4-8,10-18,20-21,23H,3,9,19,27H2/b21-20+. The maximum absolute atomic E-state index is 6.01. The lowest BCUT2D eigenvalue weighted by molar-refractivity contribution is 0.821. The Kier molecular flexibility index (Phi) is 5.70. The highest BCUT2D eigenvalue weighted by Crippen LogP contribution is 2.24. The van der Waals surface area contributed by atoms with E-state index in [2.05, 4.69) is 109 Å². The summed E-state index contributed by atoms with van der Waals surface area (Å²) in [5.41, 5.74) is 9.77. The van der Waals surface area contributed by atoms with Crippen LogP contribution < -0.4 is 16.1 Å². The average molecular weight is 382 g/mol.